The maximum Gasteiger partial charge on any atom is 0.407 e. The van der Waals surface area contributed by atoms with Crippen LogP contribution >= 0.6 is 0 Å². The molecule has 1 atom stereocenters. The van der Waals surface area contributed by atoms with Crippen molar-refractivity contribution in [1.82, 2.24) is 5.32 Å². The van der Waals surface area contributed by atoms with E-state index in [0.29, 0.717) is 6.42 Å². The fraction of sp³-hybridized carbons (Fsp3) is 0.481. The van der Waals surface area contributed by atoms with Crippen LogP contribution in [0.4, 0.5) is 4.79 Å². The lowest BCUT2D eigenvalue weighted by Gasteiger charge is -2.31. The SMILES string of the molecule is CC(Cc1ccc(C2(C(=O)OC(C)(C)C)CCCC2)cc1)NC(=O)OCc1ccccc1. The number of carbonyl (C=O) groups is 2. The third-order valence-corrected chi connectivity index (χ3v) is 5.87. The first-order chi connectivity index (χ1) is 15.2. The molecule has 172 valence electrons. The maximum absolute atomic E-state index is 13.0. The van der Waals surface area contributed by atoms with Crippen molar-refractivity contribution < 1.29 is 19.1 Å². The Morgan fingerprint density at radius 1 is 0.969 bits per heavy atom. The first-order valence-corrected chi connectivity index (χ1v) is 11.5. The fourth-order valence-corrected chi connectivity index (χ4v) is 4.30. The highest BCUT2D eigenvalue weighted by atomic mass is 16.6. The van der Waals surface area contributed by atoms with E-state index in [-0.39, 0.29) is 18.6 Å². The molecule has 0 saturated heterocycles. The maximum atomic E-state index is 13.0. The second-order valence-electron chi connectivity index (χ2n) is 9.80. The molecule has 1 unspecified atom stereocenters. The number of hydrogen-bond donors (Lipinski definition) is 1. The van der Waals surface area contributed by atoms with Crippen molar-refractivity contribution in [2.75, 3.05) is 0 Å². The van der Waals surface area contributed by atoms with E-state index in [1.807, 2.05) is 82.3 Å². The Hall–Kier alpha value is -2.82. The predicted molar refractivity (Wildman–Crippen MR) is 125 cm³/mol. The molecule has 0 aromatic heterocycles. The van der Waals surface area contributed by atoms with Crippen LogP contribution in [-0.2, 0) is 32.7 Å². The quantitative estimate of drug-likeness (QED) is 0.565. The van der Waals surface area contributed by atoms with Crippen LogP contribution in [0.1, 0.15) is 70.1 Å². The van der Waals surface area contributed by atoms with Gasteiger partial charge in [-0.2, -0.15) is 0 Å². The molecule has 0 radical (unpaired) electrons. The van der Waals surface area contributed by atoms with Gasteiger partial charge in [-0.15, -0.1) is 0 Å². The highest BCUT2D eigenvalue weighted by Gasteiger charge is 2.45. The van der Waals surface area contributed by atoms with Crippen LogP contribution in [0.3, 0.4) is 0 Å². The second kappa shape index (κ2) is 10.2. The second-order valence-corrected chi connectivity index (χ2v) is 9.80. The van der Waals surface area contributed by atoms with E-state index in [4.69, 9.17) is 9.47 Å². The van der Waals surface area contributed by atoms with Crippen molar-refractivity contribution in [3.05, 3.63) is 71.3 Å². The number of rotatable bonds is 7. The molecule has 3 rings (SSSR count). The number of amides is 1. The first-order valence-electron chi connectivity index (χ1n) is 11.5. The van der Waals surface area contributed by atoms with Gasteiger partial charge in [0.1, 0.15) is 12.2 Å². The molecule has 0 heterocycles. The predicted octanol–water partition coefficient (Wildman–Crippen LogP) is 5.70. The molecule has 1 fully saturated rings. The topological polar surface area (TPSA) is 64.6 Å². The number of hydrogen-bond acceptors (Lipinski definition) is 4. The van der Waals surface area contributed by atoms with E-state index < -0.39 is 17.1 Å². The summed E-state index contributed by atoms with van der Waals surface area (Å²) in [5.74, 6) is -0.119. The molecule has 2 aromatic rings. The van der Waals surface area contributed by atoms with Crippen LogP contribution in [0, 0.1) is 0 Å². The lowest BCUT2D eigenvalue weighted by atomic mass is 9.78. The molecule has 5 heteroatoms. The Labute approximate surface area is 191 Å². The van der Waals surface area contributed by atoms with Crippen molar-refractivity contribution in [2.45, 2.75) is 83.5 Å². The smallest absolute Gasteiger partial charge is 0.407 e. The molecule has 5 nitrogen and oxygen atoms in total. The third kappa shape index (κ3) is 6.35. The Kier molecular flexibility index (Phi) is 7.60. The van der Waals surface area contributed by atoms with Gasteiger partial charge >= 0.3 is 12.1 Å². The zero-order valence-electron chi connectivity index (χ0n) is 19.6. The highest BCUT2D eigenvalue weighted by Crippen LogP contribution is 2.43. The molecule has 1 amide bonds. The number of nitrogens with one attached hydrogen (secondary N) is 1. The number of ether oxygens (including phenoxy) is 2. The van der Waals surface area contributed by atoms with E-state index in [0.717, 1.165) is 42.4 Å². The normalized spacial score (nSPS) is 16.2. The van der Waals surface area contributed by atoms with Crippen LogP contribution in [0.15, 0.2) is 54.6 Å². The van der Waals surface area contributed by atoms with Gasteiger partial charge in [0.2, 0.25) is 0 Å². The van der Waals surface area contributed by atoms with Crippen LogP contribution in [0.5, 0.6) is 0 Å². The third-order valence-electron chi connectivity index (χ3n) is 5.87. The summed E-state index contributed by atoms with van der Waals surface area (Å²) in [5.41, 5.74) is 2.04. The Bertz CT molecular complexity index is 894. The van der Waals surface area contributed by atoms with Crippen molar-refractivity contribution in [2.24, 2.45) is 0 Å². The van der Waals surface area contributed by atoms with E-state index in [1.165, 1.54) is 0 Å². The molecular weight excluding hydrogens is 402 g/mol. The Balaban J connectivity index is 1.57. The van der Waals surface area contributed by atoms with Crippen molar-refractivity contribution in [1.29, 1.82) is 0 Å². The highest BCUT2D eigenvalue weighted by molar-refractivity contribution is 5.84. The van der Waals surface area contributed by atoms with Crippen LogP contribution < -0.4 is 5.32 Å². The van der Waals surface area contributed by atoms with Gasteiger partial charge < -0.3 is 14.8 Å². The molecule has 1 N–H and O–H groups in total. The number of benzene rings is 2. The summed E-state index contributed by atoms with van der Waals surface area (Å²) in [6.07, 6.45) is 3.98. The van der Waals surface area contributed by atoms with Gasteiger partial charge in [-0.25, -0.2) is 4.79 Å². The summed E-state index contributed by atoms with van der Waals surface area (Å²) < 4.78 is 11.1. The summed E-state index contributed by atoms with van der Waals surface area (Å²) in [4.78, 5) is 25.1. The Morgan fingerprint density at radius 2 is 1.59 bits per heavy atom. The first kappa shape index (κ1) is 23.8. The largest absolute Gasteiger partial charge is 0.459 e. The van der Waals surface area contributed by atoms with Gasteiger partial charge in [-0.3, -0.25) is 4.79 Å². The van der Waals surface area contributed by atoms with E-state index in [2.05, 4.69) is 5.32 Å². The molecule has 32 heavy (non-hydrogen) atoms. The van der Waals surface area contributed by atoms with Crippen molar-refractivity contribution in [3.8, 4) is 0 Å². The van der Waals surface area contributed by atoms with Crippen LogP contribution in [0.2, 0.25) is 0 Å². The van der Waals surface area contributed by atoms with E-state index in [9.17, 15) is 9.59 Å². The van der Waals surface area contributed by atoms with E-state index >= 15 is 0 Å². The summed E-state index contributed by atoms with van der Waals surface area (Å²) >= 11 is 0. The van der Waals surface area contributed by atoms with Crippen molar-refractivity contribution in [3.63, 3.8) is 0 Å². The van der Waals surface area contributed by atoms with Crippen molar-refractivity contribution >= 4 is 12.1 Å². The molecule has 0 bridgehead atoms. The summed E-state index contributed by atoms with van der Waals surface area (Å²) in [7, 11) is 0. The number of esters is 1. The molecule has 0 aliphatic heterocycles. The molecule has 1 aliphatic rings. The molecular formula is C27H35NO4. The standard InChI is InChI=1S/C27H35NO4/c1-20(28-25(30)31-19-22-10-6-5-7-11-22)18-21-12-14-23(15-13-21)27(16-8-9-17-27)24(29)32-26(2,3)4/h5-7,10-15,20H,8-9,16-19H2,1-4H3,(H,28,30). The average molecular weight is 438 g/mol. The molecule has 0 spiro atoms. The monoisotopic (exact) mass is 437 g/mol. The number of alkyl carbamates (subject to hydrolysis) is 1. The van der Waals surface area contributed by atoms with Gasteiger partial charge in [0, 0.05) is 6.04 Å². The van der Waals surface area contributed by atoms with Crippen LogP contribution in [-0.4, -0.2) is 23.7 Å². The Morgan fingerprint density at radius 3 is 2.19 bits per heavy atom. The molecule has 1 saturated carbocycles. The zero-order valence-corrected chi connectivity index (χ0v) is 19.6. The summed E-state index contributed by atoms with van der Waals surface area (Å²) in [6, 6.07) is 17.7. The fourth-order valence-electron chi connectivity index (χ4n) is 4.30. The average Bonchev–Trinajstić information content (AvgIpc) is 3.24. The molecule has 1 aliphatic carbocycles. The minimum Gasteiger partial charge on any atom is -0.459 e. The lowest BCUT2D eigenvalue weighted by Crippen LogP contribution is -2.39. The molecule has 2 aromatic carbocycles. The minimum absolute atomic E-state index is 0.0737. The van der Waals surface area contributed by atoms with Gasteiger partial charge in [-0.1, -0.05) is 67.4 Å². The van der Waals surface area contributed by atoms with Crippen LogP contribution in [0.25, 0.3) is 0 Å². The summed E-state index contributed by atoms with van der Waals surface area (Å²) in [5, 5.41) is 2.88. The van der Waals surface area contributed by atoms with Gasteiger partial charge in [-0.05, 0) is 63.6 Å². The van der Waals surface area contributed by atoms with E-state index in [1.54, 1.807) is 0 Å². The minimum atomic E-state index is -0.545. The van der Waals surface area contributed by atoms with Gasteiger partial charge in [0.15, 0.2) is 0 Å². The lowest BCUT2D eigenvalue weighted by molar-refractivity contribution is -0.162. The number of carbonyl (C=O) groups excluding carboxylic acids is 2. The van der Waals surface area contributed by atoms with Gasteiger partial charge in [0.25, 0.3) is 0 Å². The van der Waals surface area contributed by atoms with Gasteiger partial charge in [0.05, 0.1) is 5.41 Å². The zero-order chi connectivity index (χ0) is 23.2. The summed E-state index contributed by atoms with van der Waals surface area (Å²) in [6.45, 7) is 7.94.